The molecule has 2 rings (SSSR count). The Bertz CT molecular complexity index is 436. The summed E-state index contributed by atoms with van der Waals surface area (Å²) in [6, 6.07) is 4.03. The van der Waals surface area contributed by atoms with Crippen molar-refractivity contribution in [2.45, 2.75) is 38.8 Å². The second-order valence-corrected chi connectivity index (χ2v) is 5.85. The van der Waals surface area contributed by atoms with Gasteiger partial charge in [0.1, 0.15) is 0 Å². The van der Waals surface area contributed by atoms with Crippen molar-refractivity contribution in [2.24, 2.45) is 0 Å². The summed E-state index contributed by atoms with van der Waals surface area (Å²) < 4.78 is 6.63. The van der Waals surface area contributed by atoms with Crippen LogP contribution in [-0.2, 0) is 4.74 Å². The van der Waals surface area contributed by atoms with Crippen molar-refractivity contribution < 1.29 is 4.74 Å². The highest BCUT2D eigenvalue weighted by Crippen LogP contribution is 2.34. The van der Waals surface area contributed by atoms with Gasteiger partial charge in [-0.15, -0.1) is 0 Å². The summed E-state index contributed by atoms with van der Waals surface area (Å²) in [4.78, 5) is 0. The van der Waals surface area contributed by atoms with Crippen LogP contribution in [0.2, 0.25) is 0 Å². The molecule has 0 radical (unpaired) electrons. The third-order valence-corrected chi connectivity index (χ3v) is 4.32. The van der Waals surface area contributed by atoms with Gasteiger partial charge in [0, 0.05) is 22.5 Å². The molecule has 0 aliphatic carbocycles. The molecular weight excluding hydrogens is 280 g/mol. The minimum Gasteiger partial charge on any atom is -0.398 e. The van der Waals surface area contributed by atoms with Crippen molar-refractivity contribution in [2.75, 3.05) is 17.7 Å². The van der Waals surface area contributed by atoms with E-state index >= 15 is 0 Å². The number of nitrogen functional groups attached to an aromatic ring is 1. The summed E-state index contributed by atoms with van der Waals surface area (Å²) >= 11 is 3.55. The predicted molar refractivity (Wildman–Crippen MR) is 75.4 cm³/mol. The molecule has 0 bridgehead atoms. The van der Waals surface area contributed by atoms with Gasteiger partial charge < -0.3 is 15.8 Å². The summed E-state index contributed by atoms with van der Waals surface area (Å²) in [5.74, 6) is 0. The summed E-state index contributed by atoms with van der Waals surface area (Å²) in [6.45, 7) is 7.14. The fraction of sp³-hybridized carbons (Fsp3) is 0.538. The van der Waals surface area contributed by atoms with E-state index in [-0.39, 0.29) is 11.6 Å². The van der Waals surface area contributed by atoms with Crippen LogP contribution in [0.4, 0.5) is 11.4 Å². The third-order valence-electron chi connectivity index (χ3n) is 3.66. The number of anilines is 2. The first kappa shape index (κ1) is 12.7. The van der Waals surface area contributed by atoms with Crippen molar-refractivity contribution in [1.29, 1.82) is 0 Å². The molecule has 3 N–H and O–H groups in total. The number of aryl methyl sites for hydroxylation is 1. The number of rotatable bonds is 2. The second kappa shape index (κ2) is 4.50. The van der Waals surface area contributed by atoms with Crippen molar-refractivity contribution in [3.63, 3.8) is 0 Å². The molecule has 1 saturated heterocycles. The van der Waals surface area contributed by atoms with E-state index in [1.165, 1.54) is 0 Å². The molecule has 1 aliphatic rings. The van der Waals surface area contributed by atoms with Gasteiger partial charge in [-0.2, -0.15) is 0 Å². The number of nitrogens with two attached hydrogens (primary N) is 1. The Balaban J connectivity index is 2.27. The molecule has 0 aromatic heterocycles. The van der Waals surface area contributed by atoms with Crippen LogP contribution in [0.5, 0.6) is 0 Å². The van der Waals surface area contributed by atoms with Gasteiger partial charge in [0.25, 0.3) is 0 Å². The van der Waals surface area contributed by atoms with Gasteiger partial charge in [0.2, 0.25) is 0 Å². The first-order valence-corrected chi connectivity index (χ1v) is 6.67. The predicted octanol–water partition coefficient (Wildman–Crippen LogP) is 3.32. The summed E-state index contributed by atoms with van der Waals surface area (Å²) in [7, 11) is 0. The lowest BCUT2D eigenvalue weighted by Crippen LogP contribution is -2.41. The van der Waals surface area contributed by atoms with Gasteiger partial charge in [0.05, 0.1) is 11.6 Å². The molecule has 0 saturated carbocycles. The Morgan fingerprint density at radius 3 is 2.82 bits per heavy atom. The lowest BCUT2D eigenvalue weighted by molar-refractivity contribution is 0.105. The molecule has 0 amide bonds. The molecule has 1 aromatic carbocycles. The van der Waals surface area contributed by atoms with Crippen LogP contribution in [0.1, 0.15) is 25.8 Å². The Morgan fingerprint density at radius 1 is 1.53 bits per heavy atom. The van der Waals surface area contributed by atoms with E-state index in [0.29, 0.717) is 0 Å². The summed E-state index contributed by atoms with van der Waals surface area (Å²) in [5, 5.41) is 3.58. The molecular formula is C13H19BrN2O. The van der Waals surface area contributed by atoms with Gasteiger partial charge in [-0.05, 0) is 60.8 Å². The first-order valence-electron chi connectivity index (χ1n) is 5.88. The summed E-state index contributed by atoms with van der Waals surface area (Å²) in [6.07, 6.45) is 1.23. The monoisotopic (exact) mass is 298 g/mol. The lowest BCUT2D eigenvalue weighted by atomic mass is 9.94. The lowest BCUT2D eigenvalue weighted by Gasteiger charge is -2.31. The van der Waals surface area contributed by atoms with Crippen LogP contribution < -0.4 is 11.1 Å². The quantitative estimate of drug-likeness (QED) is 0.824. The molecule has 1 aliphatic heterocycles. The summed E-state index contributed by atoms with van der Waals surface area (Å²) in [5.41, 5.74) is 8.84. The fourth-order valence-electron chi connectivity index (χ4n) is 2.10. The normalized spacial score (nSPS) is 28.4. The molecule has 2 atom stereocenters. The molecule has 1 aromatic rings. The van der Waals surface area contributed by atoms with Crippen LogP contribution >= 0.6 is 15.9 Å². The van der Waals surface area contributed by atoms with E-state index in [1.54, 1.807) is 0 Å². The molecule has 4 heteroatoms. The highest BCUT2D eigenvalue weighted by molar-refractivity contribution is 9.10. The van der Waals surface area contributed by atoms with E-state index < -0.39 is 0 Å². The molecule has 1 heterocycles. The van der Waals surface area contributed by atoms with E-state index in [9.17, 15) is 0 Å². The number of nitrogens with one attached hydrogen (secondary N) is 1. The SMILES string of the molecule is Cc1cc(NC2(C)CCOC2C)c(Br)cc1N. The number of halogens is 1. The zero-order chi connectivity index (χ0) is 12.6. The fourth-order valence-corrected chi connectivity index (χ4v) is 2.56. The Labute approximate surface area is 111 Å². The average Bonchev–Trinajstić information content (AvgIpc) is 2.56. The number of hydrogen-bond acceptors (Lipinski definition) is 3. The van der Waals surface area contributed by atoms with Gasteiger partial charge in [0.15, 0.2) is 0 Å². The Hall–Kier alpha value is -0.740. The maximum Gasteiger partial charge on any atom is 0.0774 e. The first-order chi connectivity index (χ1) is 7.92. The van der Waals surface area contributed by atoms with Crippen LogP contribution in [0.25, 0.3) is 0 Å². The Kier molecular flexibility index (Phi) is 3.36. The van der Waals surface area contributed by atoms with Crippen molar-refractivity contribution in [3.05, 3.63) is 22.2 Å². The molecule has 94 valence electrons. The number of benzene rings is 1. The van der Waals surface area contributed by atoms with E-state index in [0.717, 1.165) is 34.4 Å². The Morgan fingerprint density at radius 2 is 2.24 bits per heavy atom. The zero-order valence-corrected chi connectivity index (χ0v) is 12.1. The maximum absolute atomic E-state index is 5.88. The topological polar surface area (TPSA) is 47.3 Å². The minimum absolute atomic E-state index is 0.00885. The van der Waals surface area contributed by atoms with Crippen LogP contribution in [-0.4, -0.2) is 18.2 Å². The zero-order valence-electron chi connectivity index (χ0n) is 10.5. The largest absolute Gasteiger partial charge is 0.398 e. The van der Waals surface area contributed by atoms with E-state index in [1.807, 2.05) is 13.0 Å². The van der Waals surface area contributed by atoms with Crippen LogP contribution in [0, 0.1) is 6.92 Å². The second-order valence-electron chi connectivity index (χ2n) is 4.99. The number of ether oxygens (including phenoxy) is 1. The smallest absolute Gasteiger partial charge is 0.0774 e. The van der Waals surface area contributed by atoms with Crippen molar-refractivity contribution in [1.82, 2.24) is 0 Å². The van der Waals surface area contributed by atoms with E-state index in [4.69, 9.17) is 10.5 Å². The molecule has 17 heavy (non-hydrogen) atoms. The molecule has 1 fully saturated rings. The highest BCUT2D eigenvalue weighted by atomic mass is 79.9. The van der Waals surface area contributed by atoms with Gasteiger partial charge in [-0.3, -0.25) is 0 Å². The van der Waals surface area contributed by atoms with Crippen molar-refractivity contribution in [3.8, 4) is 0 Å². The maximum atomic E-state index is 5.88. The van der Waals surface area contributed by atoms with Gasteiger partial charge in [-0.1, -0.05) is 0 Å². The molecule has 3 nitrogen and oxygen atoms in total. The van der Waals surface area contributed by atoms with Gasteiger partial charge >= 0.3 is 0 Å². The molecule has 0 spiro atoms. The average molecular weight is 299 g/mol. The minimum atomic E-state index is -0.00885. The molecule has 2 unspecified atom stereocenters. The third kappa shape index (κ3) is 2.43. The van der Waals surface area contributed by atoms with Crippen LogP contribution in [0.15, 0.2) is 16.6 Å². The standard InChI is InChI=1S/C13H19BrN2O/c1-8-6-12(10(14)7-11(8)15)16-13(3)4-5-17-9(13)2/h6-7,9,16H,4-5,15H2,1-3H3. The van der Waals surface area contributed by atoms with E-state index in [2.05, 4.69) is 41.2 Å². The highest BCUT2D eigenvalue weighted by Gasteiger charge is 2.37. The number of hydrogen-bond donors (Lipinski definition) is 2. The van der Waals surface area contributed by atoms with Gasteiger partial charge in [-0.25, -0.2) is 0 Å². The van der Waals surface area contributed by atoms with Crippen LogP contribution in [0.3, 0.4) is 0 Å². The van der Waals surface area contributed by atoms with Crippen molar-refractivity contribution >= 4 is 27.3 Å².